The van der Waals surface area contributed by atoms with Gasteiger partial charge in [-0.25, -0.2) is 8.42 Å². The van der Waals surface area contributed by atoms with Gasteiger partial charge in [-0.2, -0.15) is 9.40 Å². The summed E-state index contributed by atoms with van der Waals surface area (Å²) < 4.78 is 36.3. The highest BCUT2D eigenvalue weighted by molar-refractivity contribution is 7.89. The zero-order chi connectivity index (χ0) is 25.9. The van der Waals surface area contributed by atoms with E-state index in [1.54, 1.807) is 29.9 Å². The predicted molar refractivity (Wildman–Crippen MR) is 136 cm³/mol. The third-order valence-electron chi connectivity index (χ3n) is 6.50. The van der Waals surface area contributed by atoms with Crippen LogP contribution in [-0.2, 0) is 17.1 Å². The van der Waals surface area contributed by atoms with Crippen molar-refractivity contribution in [2.24, 2.45) is 7.05 Å². The van der Waals surface area contributed by atoms with Crippen molar-refractivity contribution in [3.8, 4) is 5.75 Å². The van der Waals surface area contributed by atoms with Crippen LogP contribution in [0, 0.1) is 0 Å². The third kappa shape index (κ3) is 5.22. The average Bonchev–Trinajstić information content (AvgIpc) is 3.27. The number of carbonyl (C=O) groups is 1. The average molecular weight is 521 g/mol. The molecule has 0 bridgehead atoms. The third-order valence-corrected chi connectivity index (χ3v) is 8.40. The molecule has 2 aliphatic rings. The molecule has 1 aromatic heterocycles. The normalized spacial score (nSPS) is 19.3. The Morgan fingerprint density at radius 2 is 1.89 bits per heavy atom. The molecular weight excluding hydrogens is 484 g/mol. The van der Waals surface area contributed by atoms with Crippen molar-refractivity contribution in [1.82, 2.24) is 24.3 Å². The number of nitrogens with zero attached hydrogens (tertiary/aromatic N) is 5. The molecule has 198 valence electrons. The molecular formula is C24H36N6O5S. The molecule has 3 heterocycles. The second-order valence-electron chi connectivity index (χ2n) is 9.12. The van der Waals surface area contributed by atoms with E-state index < -0.39 is 16.2 Å². The predicted octanol–water partition coefficient (Wildman–Crippen LogP) is 1.17. The highest BCUT2D eigenvalue weighted by Gasteiger charge is 2.37. The first-order valence-electron chi connectivity index (χ1n) is 12.5. The van der Waals surface area contributed by atoms with Crippen molar-refractivity contribution in [1.29, 1.82) is 0 Å². The number of hydrogen-bond acceptors (Lipinski definition) is 8. The molecule has 36 heavy (non-hydrogen) atoms. The van der Waals surface area contributed by atoms with Crippen LogP contribution in [0.25, 0.3) is 0 Å². The largest absolute Gasteiger partial charge is 0.493 e. The highest BCUT2D eigenvalue weighted by Crippen LogP contribution is 2.38. The maximum Gasteiger partial charge on any atom is 0.275 e. The lowest BCUT2D eigenvalue weighted by Gasteiger charge is -2.38. The van der Waals surface area contributed by atoms with E-state index in [9.17, 15) is 18.3 Å². The highest BCUT2D eigenvalue weighted by atomic mass is 32.2. The van der Waals surface area contributed by atoms with Crippen LogP contribution in [0.15, 0.2) is 29.3 Å². The van der Waals surface area contributed by atoms with E-state index in [0.717, 1.165) is 12.8 Å². The molecule has 1 unspecified atom stereocenters. The van der Waals surface area contributed by atoms with Crippen LogP contribution < -0.4 is 15.0 Å². The minimum absolute atomic E-state index is 0.0509. The van der Waals surface area contributed by atoms with Crippen molar-refractivity contribution >= 4 is 21.6 Å². The Morgan fingerprint density at radius 3 is 2.56 bits per heavy atom. The van der Waals surface area contributed by atoms with E-state index >= 15 is 0 Å². The fraction of sp³-hybridized carbons (Fsp3) is 0.583. The van der Waals surface area contributed by atoms with Gasteiger partial charge in [0.1, 0.15) is 11.9 Å². The standard InChI is InChI=1S/C24H36N6O5S/c1-4-8-30-20-17-27(3)26-22(20)24(32)25-23(30)19-16-18(6-7-21(19)35-15-5-2)36(33,34)29-11-9-28(10-12-29)13-14-31/h6-7,16-17,23,31H,4-5,8-15H2,1-3H3,(H,25,32). The zero-order valence-electron chi connectivity index (χ0n) is 21.2. The number of carbonyl (C=O) groups excluding carboxylic acids is 1. The van der Waals surface area contributed by atoms with Crippen molar-refractivity contribution in [2.75, 3.05) is 57.4 Å². The molecule has 1 fully saturated rings. The van der Waals surface area contributed by atoms with Crippen molar-refractivity contribution in [3.63, 3.8) is 0 Å². The topological polar surface area (TPSA) is 120 Å². The van der Waals surface area contributed by atoms with Crippen LogP contribution in [0.1, 0.15) is 48.9 Å². The maximum atomic E-state index is 13.6. The number of sulfonamides is 1. The zero-order valence-corrected chi connectivity index (χ0v) is 22.0. The SMILES string of the molecule is CCCOc1ccc(S(=O)(=O)N2CCN(CCO)CC2)cc1C1NC(=O)c2nn(C)cc2N1CCC. The smallest absolute Gasteiger partial charge is 0.275 e. The van der Waals surface area contributed by atoms with Gasteiger partial charge in [0.2, 0.25) is 10.0 Å². The first-order valence-corrected chi connectivity index (χ1v) is 13.9. The van der Waals surface area contributed by atoms with Gasteiger partial charge >= 0.3 is 0 Å². The number of nitrogens with one attached hydrogen (secondary N) is 1. The van der Waals surface area contributed by atoms with E-state index in [1.165, 1.54) is 4.31 Å². The van der Waals surface area contributed by atoms with Crippen LogP contribution in [0.5, 0.6) is 5.75 Å². The fourth-order valence-corrected chi connectivity index (χ4v) is 6.18. The molecule has 2 aliphatic heterocycles. The molecule has 1 amide bonds. The molecule has 2 N–H and O–H groups in total. The lowest BCUT2D eigenvalue weighted by atomic mass is 10.1. The lowest BCUT2D eigenvalue weighted by Crippen LogP contribution is -2.49. The van der Waals surface area contributed by atoms with Gasteiger partial charge in [0.25, 0.3) is 5.91 Å². The Balaban J connectivity index is 1.72. The van der Waals surface area contributed by atoms with Gasteiger partial charge in [0.05, 0.1) is 23.8 Å². The van der Waals surface area contributed by atoms with Gasteiger partial charge in [0, 0.05) is 58.1 Å². The van der Waals surface area contributed by atoms with Gasteiger partial charge in [-0.1, -0.05) is 13.8 Å². The van der Waals surface area contributed by atoms with Crippen LogP contribution in [0.4, 0.5) is 5.69 Å². The minimum atomic E-state index is -3.76. The summed E-state index contributed by atoms with van der Waals surface area (Å²) in [7, 11) is -1.99. The van der Waals surface area contributed by atoms with Crippen LogP contribution in [0.2, 0.25) is 0 Å². The Hall–Kier alpha value is -2.67. The minimum Gasteiger partial charge on any atom is -0.493 e. The molecule has 1 aromatic carbocycles. The number of aliphatic hydroxyl groups excluding tert-OH is 1. The molecule has 0 saturated carbocycles. The Morgan fingerprint density at radius 1 is 1.14 bits per heavy atom. The number of fused-ring (bicyclic) bond motifs is 1. The number of hydrogen-bond donors (Lipinski definition) is 2. The summed E-state index contributed by atoms with van der Waals surface area (Å²) in [5.74, 6) is 0.236. The molecule has 11 nitrogen and oxygen atoms in total. The van der Waals surface area contributed by atoms with Gasteiger partial charge in [-0.15, -0.1) is 0 Å². The quantitative estimate of drug-likeness (QED) is 0.479. The second-order valence-corrected chi connectivity index (χ2v) is 11.1. The van der Waals surface area contributed by atoms with Crippen LogP contribution >= 0.6 is 0 Å². The summed E-state index contributed by atoms with van der Waals surface area (Å²) in [5, 5.41) is 16.5. The van der Waals surface area contributed by atoms with Gasteiger partial charge in [0.15, 0.2) is 5.69 Å². The first kappa shape index (κ1) is 26.4. The summed E-state index contributed by atoms with van der Waals surface area (Å²) in [6, 6.07) is 4.90. The van der Waals surface area contributed by atoms with Crippen LogP contribution in [0.3, 0.4) is 0 Å². The molecule has 4 rings (SSSR count). The number of amides is 1. The molecule has 0 aliphatic carbocycles. The number of rotatable bonds is 10. The Bertz CT molecular complexity index is 1180. The molecule has 12 heteroatoms. The number of ether oxygens (including phenoxy) is 1. The summed E-state index contributed by atoms with van der Waals surface area (Å²) in [6.07, 6.45) is 2.83. The Kier molecular flexibility index (Phi) is 8.18. The molecule has 0 spiro atoms. The van der Waals surface area contributed by atoms with Gasteiger partial charge in [-0.05, 0) is 31.0 Å². The summed E-state index contributed by atoms with van der Waals surface area (Å²) >= 11 is 0. The monoisotopic (exact) mass is 520 g/mol. The van der Waals surface area contributed by atoms with Crippen molar-refractivity contribution < 1.29 is 23.1 Å². The van der Waals surface area contributed by atoms with Crippen LogP contribution in [-0.4, -0.2) is 90.9 Å². The second kappa shape index (κ2) is 11.2. The number of β-amino-alcohol motifs (C(OH)–C–C–N with tert-alkyl or cyclic N) is 1. The molecule has 1 saturated heterocycles. The number of aryl methyl sites for hydroxylation is 1. The number of benzene rings is 1. The van der Waals surface area contributed by atoms with E-state index in [4.69, 9.17) is 4.74 Å². The summed E-state index contributed by atoms with van der Waals surface area (Å²) in [6.45, 7) is 7.59. The number of aliphatic hydroxyl groups is 1. The number of piperazine rings is 1. The van der Waals surface area contributed by atoms with Gasteiger partial charge in [-0.3, -0.25) is 14.4 Å². The van der Waals surface area contributed by atoms with Crippen molar-refractivity contribution in [3.05, 3.63) is 35.7 Å². The molecule has 2 aromatic rings. The van der Waals surface area contributed by atoms with Gasteiger partial charge < -0.3 is 20.1 Å². The van der Waals surface area contributed by atoms with E-state index in [2.05, 4.69) is 17.3 Å². The molecule has 0 radical (unpaired) electrons. The first-order chi connectivity index (χ1) is 17.3. The fourth-order valence-electron chi connectivity index (χ4n) is 4.72. The summed E-state index contributed by atoms with van der Waals surface area (Å²) in [5.41, 5.74) is 1.66. The lowest BCUT2D eigenvalue weighted by molar-refractivity contribution is 0.0920. The van der Waals surface area contributed by atoms with E-state index in [1.807, 2.05) is 22.9 Å². The number of aromatic nitrogens is 2. The van der Waals surface area contributed by atoms with Crippen molar-refractivity contribution in [2.45, 2.75) is 37.8 Å². The van der Waals surface area contributed by atoms with E-state index in [0.29, 0.717) is 68.6 Å². The molecule has 1 atom stereocenters. The summed E-state index contributed by atoms with van der Waals surface area (Å²) in [4.78, 5) is 17.2. The maximum absolute atomic E-state index is 13.6. The Labute approximate surface area is 212 Å². The van der Waals surface area contributed by atoms with E-state index in [-0.39, 0.29) is 17.4 Å². The number of anilines is 1.